The molecule has 0 spiro atoms. The van der Waals surface area contributed by atoms with Gasteiger partial charge in [0.15, 0.2) is 5.75 Å². The Bertz CT molecular complexity index is 2540. The van der Waals surface area contributed by atoms with Crippen LogP contribution < -0.4 is 0 Å². The van der Waals surface area contributed by atoms with Gasteiger partial charge in [0.2, 0.25) is 0 Å². The van der Waals surface area contributed by atoms with E-state index in [1.165, 1.54) is 18.2 Å². The molecule has 0 saturated heterocycles. The van der Waals surface area contributed by atoms with Crippen LogP contribution in [-0.4, -0.2) is 49.1 Å². The topological polar surface area (TPSA) is 253 Å². The van der Waals surface area contributed by atoms with Gasteiger partial charge in [-0.05, 0) is 79.1 Å². The lowest BCUT2D eigenvalue weighted by Gasteiger charge is -2.10. The first kappa shape index (κ1) is 33.5. The summed E-state index contributed by atoms with van der Waals surface area (Å²) in [6.07, 6.45) is 0. The Morgan fingerprint density at radius 3 is 1.64 bits per heavy atom. The monoisotopic (exact) mass is 700 g/mol. The van der Waals surface area contributed by atoms with Crippen molar-refractivity contribution >= 4 is 74.6 Å². The lowest BCUT2D eigenvalue weighted by atomic mass is 10.1. The molecular weight excluding hydrogens is 677 g/mol. The maximum Gasteiger partial charge on any atom is 0.296 e. The molecule has 0 atom stereocenters. The minimum absolute atomic E-state index is 0.131. The zero-order valence-electron chi connectivity index (χ0n) is 24.5. The molecular formula is C29H24N4O11S3. The van der Waals surface area contributed by atoms with Gasteiger partial charge in [-0.3, -0.25) is 13.7 Å². The number of fused-ring (bicyclic) bond motifs is 2. The molecule has 18 heteroatoms. The molecule has 0 aliphatic carbocycles. The minimum atomic E-state index is -4.83. The maximum atomic E-state index is 12.2. The van der Waals surface area contributed by atoms with Crippen LogP contribution in [-0.2, 0) is 30.4 Å². The molecule has 0 unspecified atom stereocenters. The highest BCUT2D eigenvalue weighted by Crippen LogP contribution is 2.43. The summed E-state index contributed by atoms with van der Waals surface area (Å²) in [5, 5.41) is 37.9. The van der Waals surface area contributed by atoms with Crippen LogP contribution in [0.4, 0.5) is 22.7 Å². The van der Waals surface area contributed by atoms with Crippen molar-refractivity contribution in [3.05, 3.63) is 77.4 Å². The maximum absolute atomic E-state index is 12.2. The molecule has 47 heavy (non-hydrogen) atoms. The smallest absolute Gasteiger partial charge is 0.296 e. The van der Waals surface area contributed by atoms with Crippen LogP contribution in [0.3, 0.4) is 0 Å². The summed E-state index contributed by atoms with van der Waals surface area (Å²) in [7, 11) is -14.4. The van der Waals surface area contributed by atoms with Crippen molar-refractivity contribution in [2.45, 2.75) is 35.5 Å². The number of nitrogens with zero attached hydrogens (tertiary/aromatic N) is 4. The molecule has 0 aromatic heterocycles. The highest BCUT2D eigenvalue weighted by molar-refractivity contribution is 7.86. The average Bonchev–Trinajstić information content (AvgIpc) is 2.95. The van der Waals surface area contributed by atoms with E-state index >= 15 is 0 Å². The Balaban J connectivity index is 1.59. The predicted octanol–water partition coefficient (Wildman–Crippen LogP) is 6.90. The zero-order valence-corrected chi connectivity index (χ0v) is 26.9. The van der Waals surface area contributed by atoms with E-state index in [0.717, 1.165) is 29.8 Å². The fourth-order valence-corrected chi connectivity index (χ4v) is 6.50. The molecule has 5 aromatic carbocycles. The van der Waals surface area contributed by atoms with E-state index in [1.807, 2.05) is 0 Å². The SMILES string of the molecule is Cc1ccc2c(O)c(N=Nc3cc(C)c(N=Nc4cc(S(=O)(=O)O)cc5cc(S(=O)(=O)O)cc(O)c45)cc3C)c(S(=O)(=O)O)cc2c1. The van der Waals surface area contributed by atoms with Gasteiger partial charge in [0.1, 0.15) is 16.3 Å². The Morgan fingerprint density at radius 1 is 0.553 bits per heavy atom. The van der Waals surface area contributed by atoms with Crippen LogP contribution in [0.15, 0.2) is 95.8 Å². The minimum Gasteiger partial charge on any atom is -0.507 e. The number of hydrogen-bond acceptors (Lipinski definition) is 12. The van der Waals surface area contributed by atoms with Crippen LogP contribution in [0, 0.1) is 20.8 Å². The Kier molecular flexibility index (Phi) is 8.37. The van der Waals surface area contributed by atoms with E-state index in [0.29, 0.717) is 16.5 Å². The number of rotatable bonds is 7. The van der Waals surface area contributed by atoms with E-state index < -0.39 is 62.2 Å². The second-order valence-corrected chi connectivity index (χ2v) is 14.8. The van der Waals surface area contributed by atoms with Crippen molar-refractivity contribution in [1.82, 2.24) is 0 Å². The third-order valence-electron chi connectivity index (χ3n) is 7.07. The van der Waals surface area contributed by atoms with Crippen LogP contribution in [0.5, 0.6) is 11.5 Å². The van der Waals surface area contributed by atoms with E-state index in [2.05, 4.69) is 20.5 Å². The fraction of sp³-hybridized carbons (Fsp3) is 0.103. The largest absolute Gasteiger partial charge is 0.507 e. The van der Waals surface area contributed by atoms with Gasteiger partial charge in [0, 0.05) is 11.5 Å². The lowest BCUT2D eigenvalue weighted by molar-refractivity contribution is 0.471. The number of aromatic hydroxyl groups is 2. The second kappa shape index (κ2) is 11.7. The zero-order chi connectivity index (χ0) is 34.6. The summed E-state index contributed by atoms with van der Waals surface area (Å²) < 4.78 is 100. The van der Waals surface area contributed by atoms with Gasteiger partial charge < -0.3 is 10.2 Å². The highest BCUT2D eigenvalue weighted by Gasteiger charge is 2.23. The first-order chi connectivity index (χ1) is 21.7. The normalized spacial score (nSPS) is 13.0. The molecule has 0 aliphatic rings. The molecule has 0 saturated carbocycles. The standard InChI is InChI=1S/C29H24N4O11S3/c1-14-4-5-21-17(6-14)11-26(47(42,43)44)28(29(21)35)33-31-23-8-15(2)22(7-16(23)3)30-32-24-12-19(45(36,37)38)9-18-10-20(46(39,40)41)13-25(34)27(18)24/h4-13,34-35H,1-3H3,(H,36,37,38)(H,39,40,41)(H,42,43,44). The van der Waals surface area contributed by atoms with Crippen molar-refractivity contribution in [2.75, 3.05) is 0 Å². The molecule has 5 aromatic rings. The molecule has 5 N–H and O–H groups in total. The van der Waals surface area contributed by atoms with Gasteiger partial charge in [-0.2, -0.15) is 35.5 Å². The van der Waals surface area contributed by atoms with Gasteiger partial charge in [-0.1, -0.05) is 23.8 Å². The number of aryl methyl sites for hydroxylation is 3. The van der Waals surface area contributed by atoms with Gasteiger partial charge in [0.05, 0.1) is 32.2 Å². The van der Waals surface area contributed by atoms with Crippen LogP contribution in [0.2, 0.25) is 0 Å². The highest BCUT2D eigenvalue weighted by atomic mass is 32.2. The van der Waals surface area contributed by atoms with Crippen molar-refractivity contribution in [3.8, 4) is 11.5 Å². The van der Waals surface area contributed by atoms with Gasteiger partial charge in [-0.25, -0.2) is 0 Å². The fourth-order valence-electron chi connectivity index (χ4n) is 4.77. The quantitative estimate of drug-likeness (QED) is 0.0862. The van der Waals surface area contributed by atoms with Gasteiger partial charge in [0.25, 0.3) is 30.4 Å². The van der Waals surface area contributed by atoms with E-state index in [1.54, 1.807) is 39.0 Å². The third-order valence-corrected chi connectivity index (χ3v) is 9.60. The van der Waals surface area contributed by atoms with Crippen molar-refractivity contribution in [1.29, 1.82) is 0 Å². The average molecular weight is 701 g/mol. The molecule has 0 radical (unpaired) electrons. The molecule has 0 bridgehead atoms. The molecule has 0 fully saturated rings. The number of phenols is 2. The summed E-state index contributed by atoms with van der Waals surface area (Å²) >= 11 is 0. The summed E-state index contributed by atoms with van der Waals surface area (Å²) in [5.74, 6) is -1.18. The summed E-state index contributed by atoms with van der Waals surface area (Å²) in [6.45, 7) is 4.99. The summed E-state index contributed by atoms with van der Waals surface area (Å²) in [5.41, 5.74) is 1.37. The summed E-state index contributed by atoms with van der Waals surface area (Å²) in [4.78, 5) is -2.07. The first-order valence-corrected chi connectivity index (χ1v) is 17.5. The molecule has 0 aliphatic heterocycles. The number of phenolic OH excluding ortho intramolecular Hbond substituents is 2. The van der Waals surface area contributed by atoms with Crippen LogP contribution >= 0.6 is 0 Å². The van der Waals surface area contributed by atoms with E-state index in [4.69, 9.17) is 0 Å². The van der Waals surface area contributed by atoms with Crippen molar-refractivity contribution in [3.63, 3.8) is 0 Å². The number of benzene rings is 5. The van der Waals surface area contributed by atoms with Crippen LogP contribution in [0.1, 0.15) is 16.7 Å². The molecule has 244 valence electrons. The van der Waals surface area contributed by atoms with Crippen molar-refractivity contribution < 1.29 is 49.1 Å². The van der Waals surface area contributed by atoms with Gasteiger partial charge >= 0.3 is 0 Å². The molecule has 0 amide bonds. The Morgan fingerprint density at radius 2 is 1.09 bits per heavy atom. The number of hydrogen-bond donors (Lipinski definition) is 5. The molecule has 15 nitrogen and oxygen atoms in total. The van der Waals surface area contributed by atoms with E-state index in [-0.39, 0.29) is 33.2 Å². The number of azo groups is 2. The lowest BCUT2D eigenvalue weighted by Crippen LogP contribution is -2.00. The Labute approximate surface area is 267 Å². The van der Waals surface area contributed by atoms with Crippen molar-refractivity contribution in [2.24, 2.45) is 20.5 Å². The molecule has 0 heterocycles. The summed E-state index contributed by atoms with van der Waals surface area (Å²) in [6, 6.07) is 12.5. The first-order valence-electron chi connectivity index (χ1n) is 13.2. The Hall–Kier alpha value is -4.85. The second-order valence-electron chi connectivity index (χ2n) is 10.5. The predicted molar refractivity (Wildman–Crippen MR) is 170 cm³/mol. The van der Waals surface area contributed by atoms with E-state index in [9.17, 15) is 49.1 Å². The van der Waals surface area contributed by atoms with Gasteiger partial charge in [-0.15, -0.1) is 10.2 Å². The van der Waals surface area contributed by atoms with Crippen LogP contribution in [0.25, 0.3) is 21.5 Å². The molecule has 5 rings (SSSR count). The third kappa shape index (κ3) is 6.82.